The average molecular weight is 327 g/mol. The molecular formula is C15H17N7O2. The summed E-state index contributed by atoms with van der Waals surface area (Å²) in [4.78, 5) is 21.8. The van der Waals surface area contributed by atoms with Gasteiger partial charge in [-0.15, -0.1) is 5.10 Å². The Morgan fingerprint density at radius 1 is 1.33 bits per heavy atom. The predicted molar refractivity (Wildman–Crippen MR) is 85.9 cm³/mol. The summed E-state index contributed by atoms with van der Waals surface area (Å²) in [5.41, 5.74) is 0.855. The van der Waals surface area contributed by atoms with Crippen LogP contribution in [0, 0.1) is 0 Å². The van der Waals surface area contributed by atoms with Crippen molar-refractivity contribution >= 4 is 12.0 Å². The van der Waals surface area contributed by atoms with Gasteiger partial charge in [-0.05, 0) is 6.92 Å². The van der Waals surface area contributed by atoms with Crippen LogP contribution in [0.4, 0.5) is 10.7 Å². The molecule has 0 spiro atoms. The minimum Gasteiger partial charge on any atom is -0.337 e. The first-order chi connectivity index (χ1) is 11.7. The van der Waals surface area contributed by atoms with Gasteiger partial charge in [0, 0.05) is 19.2 Å². The molecule has 0 aliphatic carbocycles. The number of aryl methyl sites for hydroxylation is 1. The second-order valence-electron chi connectivity index (χ2n) is 5.09. The number of amides is 2. The second-order valence-corrected chi connectivity index (χ2v) is 5.09. The lowest BCUT2D eigenvalue weighted by Crippen LogP contribution is -2.31. The molecule has 9 heteroatoms. The van der Waals surface area contributed by atoms with Gasteiger partial charge >= 0.3 is 6.03 Å². The smallest absolute Gasteiger partial charge is 0.324 e. The van der Waals surface area contributed by atoms with E-state index in [0.717, 1.165) is 5.56 Å². The van der Waals surface area contributed by atoms with Gasteiger partial charge in [-0.3, -0.25) is 10.00 Å². The fraction of sp³-hybridized carbons (Fsp3) is 0.267. The summed E-state index contributed by atoms with van der Waals surface area (Å²) in [5, 5.41) is 10.6. The quantitative estimate of drug-likeness (QED) is 0.769. The Balaban J connectivity index is 1.61. The van der Waals surface area contributed by atoms with E-state index in [1.54, 1.807) is 18.1 Å². The summed E-state index contributed by atoms with van der Waals surface area (Å²) in [6.07, 6.45) is 1.56. The number of hydrogen-bond acceptors (Lipinski definition) is 6. The van der Waals surface area contributed by atoms with Crippen molar-refractivity contribution < 1.29 is 9.32 Å². The summed E-state index contributed by atoms with van der Waals surface area (Å²) in [5.74, 6) is 1.09. The lowest BCUT2D eigenvalue weighted by atomic mass is 10.2. The van der Waals surface area contributed by atoms with Gasteiger partial charge < -0.3 is 9.42 Å². The van der Waals surface area contributed by atoms with Crippen molar-refractivity contribution in [2.75, 3.05) is 12.4 Å². The Labute approximate surface area is 138 Å². The fourth-order valence-electron chi connectivity index (χ4n) is 1.99. The topological polar surface area (TPSA) is 102 Å². The summed E-state index contributed by atoms with van der Waals surface area (Å²) < 4.78 is 6.82. The van der Waals surface area contributed by atoms with Crippen molar-refractivity contribution in [1.29, 1.82) is 0 Å². The standard InChI is InChI=1S/C15H17N7O2/c1-3-22-10-16-14(19-22)18-15(23)21(2)9-12-17-13(20-24-12)11-7-5-4-6-8-11/h4-8,10H,3,9H2,1-2H3,(H,18,19,23). The van der Waals surface area contributed by atoms with Crippen LogP contribution in [-0.4, -0.2) is 42.9 Å². The number of carbonyl (C=O) groups is 1. The van der Waals surface area contributed by atoms with Crippen molar-refractivity contribution in [1.82, 2.24) is 29.8 Å². The number of anilines is 1. The van der Waals surface area contributed by atoms with Gasteiger partial charge in [0.05, 0.1) is 0 Å². The van der Waals surface area contributed by atoms with E-state index in [2.05, 4.69) is 25.5 Å². The number of aromatic nitrogens is 5. The molecule has 0 unspecified atom stereocenters. The molecule has 0 aliphatic heterocycles. The molecule has 1 aromatic carbocycles. The molecule has 2 amide bonds. The van der Waals surface area contributed by atoms with Gasteiger partial charge in [-0.1, -0.05) is 35.5 Å². The van der Waals surface area contributed by atoms with Crippen molar-refractivity contribution in [2.45, 2.75) is 20.0 Å². The van der Waals surface area contributed by atoms with Crippen LogP contribution in [0.2, 0.25) is 0 Å². The highest BCUT2D eigenvalue weighted by Gasteiger charge is 2.16. The van der Waals surface area contributed by atoms with E-state index in [-0.39, 0.29) is 18.5 Å². The number of rotatable bonds is 5. The molecule has 0 saturated heterocycles. The first-order valence-corrected chi connectivity index (χ1v) is 7.45. The minimum atomic E-state index is -0.358. The zero-order valence-corrected chi connectivity index (χ0v) is 13.4. The Morgan fingerprint density at radius 3 is 2.83 bits per heavy atom. The molecule has 1 N–H and O–H groups in total. The number of urea groups is 1. The summed E-state index contributed by atoms with van der Waals surface area (Å²) in [6, 6.07) is 9.13. The van der Waals surface area contributed by atoms with Gasteiger partial charge in [0.25, 0.3) is 0 Å². The predicted octanol–water partition coefficient (Wildman–Crippen LogP) is 2.01. The highest BCUT2D eigenvalue weighted by atomic mass is 16.5. The molecule has 0 fully saturated rings. The van der Waals surface area contributed by atoms with Gasteiger partial charge in [-0.25, -0.2) is 9.78 Å². The Bertz CT molecular complexity index is 812. The number of carbonyl (C=O) groups excluding carboxylic acids is 1. The third-order valence-electron chi connectivity index (χ3n) is 3.30. The summed E-state index contributed by atoms with van der Waals surface area (Å²) in [6.45, 7) is 2.80. The summed E-state index contributed by atoms with van der Waals surface area (Å²) >= 11 is 0. The highest BCUT2D eigenvalue weighted by molar-refractivity contribution is 5.87. The lowest BCUT2D eigenvalue weighted by Gasteiger charge is -2.13. The van der Waals surface area contributed by atoms with Crippen molar-refractivity contribution in [3.63, 3.8) is 0 Å². The largest absolute Gasteiger partial charge is 0.337 e. The van der Waals surface area contributed by atoms with E-state index in [1.807, 2.05) is 37.3 Å². The molecule has 24 heavy (non-hydrogen) atoms. The molecule has 0 aliphatic rings. The molecule has 2 heterocycles. The lowest BCUT2D eigenvalue weighted by molar-refractivity contribution is 0.213. The third-order valence-corrected chi connectivity index (χ3v) is 3.30. The Morgan fingerprint density at radius 2 is 2.12 bits per heavy atom. The van der Waals surface area contributed by atoms with E-state index in [4.69, 9.17) is 4.52 Å². The van der Waals surface area contributed by atoms with E-state index in [9.17, 15) is 4.79 Å². The van der Waals surface area contributed by atoms with E-state index >= 15 is 0 Å². The minimum absolute atomic E-state index is 0.181. The number of hydrogen-bond donors (Lipinski definition) is 1. The summed E-state index contributed by atoms with van der Waals surface area (Å²) in [7, 11) is 1.62. The molecule has 0 atom stereocenters. The molecule has 3 aromatic rings. The first kappa shape index (κ1) is 15.7. The van der Waals surface area contributed by atoms with Gasteiger partial charge in [0.15, 0.2) is 0 Å². The first-order valence-electron chi connectivity index (χ1n) is 7.45. The van der Waals surface area contributed by atoms with Crippen LogP contribution in [-0.2, 0) is 13.1 Å². The van der Waals surface area contributed by atoms with E-state index < -0.39 is 0 Å². The number of nitrogens with one attached hydrogen (secondary N) is 1. The Kier molecular flexibility index (Phi) is 4.50. The molecule has 3 rings (SSSR count). The molecular weight excluding hydrogens is 310 g/mol. The maximum absolute atomic E-state index is 12.1. The zero-order chi connectivity index (χ0) is 16.9. The second kappa shape index (κ2) is 6.90. The van der Waals surface area contributed by atoms with Crippen LogP contribution in [0.1, 0.15) is 12.8 Å². The van der Waals surface area contributed by atoms with Crippen molar-refractivity contribution in [3.8, 4) is 11.4 Å². The van der Waals surface area contributed by atoms with Crippen LogP contribution in [0.3, 0.4) is 0 Å². The van der Waals surface area contributed by atoms with Gasteiger partial charge in [0.2, 0.25) is 17.7 Å². The van der Waals surface area contributed by atoms with Crippen LogP contribution >= 0.6 is 0 Å². The average Bonchev–Trinajstić information content (AvgIpc) is 3.25. The normalized spacial score (nSPS) is 10.6. The monoisotopic (exact) mass is 327 g/mol. The molecule has 9 nitrogen and oxygen atoms in total. The van der Waals surface area contributed by atoms with E-state index in [0.29, 0.717) is 18.3 Å². The number of benzene rings is 1. The van der Waals surface area contributed by atoms with E-state index in [1.165, 1.54) is 4.90 Å². The zero-order valence-electron chi connectivity index (χ0n) is 13.4. The van der Waals surface area contributed by atoms with Crippen LogP contribution in [0.25, 0.3) is 11.4 Å². The maximum Gasteiger partial charge on any atom is 0.324 e. The highest BCUT2D eigenvalue weighted by Crippen LogP contribution is 2.15. The van der Waals surface area contributed by atoms with Crippen molar-refractivity contribution in [2.24, 2.45) is 0 Å². The molecule has 0 saturated carbocycles. The van der Waals surface area contributed by atoms with Crippen LogP contribution in [0.15, 0.2) is 41.2 Å². The van der Waals surface area contributed by atoms with Crippen molar-refractivity contribution in [3.05, 3.63) is 42.5 Å². The van der Waals surface area contributed by atoms with Gasteiger partial charge in [-0.2, -0.15) is 4.98 Å². The SMILES string of the molecule is CCn1cnc(NC(=O)N(C)Cc2nc(-c3ccccc3)no2)n1. The molecule has 124 valence electrons. The van der Waals surface area contributed by atoms with Crippen LogP contribution in [0.5, 0.6) is 0 Å². The molecule has 0 radical (unpaired) electrons. The maximum atomic E-state index is 12.1. The fourth-order valence-corrected chi connectivity index (χ4v) is 1.99. The molecule has 0 bridgehead atoms. The number of nitrogens with zero attached hydrogens (tertiary/aromatic N) is 6. The van der Waals surface area contributed by atoms with Gasteiger partial charge in [0.1, 0.15) is 12.9 Å². The third kappa shape index (κ3) is 3.57. The Hall–Kier alpha value is -3.23. The molecule has 2 aromatic heterocycles. The van der Waals surface area contributed by atoms with Crippen LogP contribution < -0.4 is 5.32 Å².